The number of aliphatic hydroxyl groups is 1. The molecule has 2 aliphatic rings. The predicted octanol–water partition coefficient (Wildman–Crippen LogP) is 7.94. The smallest absolute Gasteiger partial charge is 0.246 e. The summed E-state index contributed by atoms with van der Waals surface area (Å²) in [5.74, 6) is 0.450. The number of β-amino-alcohol motifs (C(OH)–C–C–N with tert-alkyl or cyclic N) is 1. The van der Waals surface area contributed by atoms with Gasteiger partial charge in [0.05, 0.1) is 62.0 Å². The highest BCUT2D eigenvalue weighted by Gasteiger charge is 2.45. The normalized spacial score (nSPS) is 17.2. The molecule has 3 amide bonds. The maximum absolute atomic E-state index is 14.3. The molecule has 4 atom stereocenters. The number of thiazole rings is 1. The minimum Gasteiger partial charge on any atom is -0.494 e. The Morgan fingerprint density at radius 2 is 1.68 bits per heavy atom. The van der Waals surface area contributed by atoms with E-state index in [2.05, 4.69) is 73.9 Å². The van der Waals surface area contributed by atoms with Gasteiger partial charge in [0.15, 0.2) is 0 Å². The molecular weight excluding hydrogens is 1040 g/mol. The molecule has 5 N–H and O–H groups in total. The number of rotatable bonds is 17. The van der Waals surface area contributed by atoms with Crippen LogP contribution in [0.4, 0.5) is 28.8 Å². The van der Waals surface area contributed by atoms with E-state index in [4.69, 9.17) is 9.72 Å². The molecular formula is C53H66BrN12O6PS. The lowest BCUT2D eigenvalue weighted by atomic mass is 9.85. The number of aryl methyl sites for hydroxylation is 2. The van der Waals surface area contributed by atoms with Crippen LogP contribution in [0.1, 0.15) is 69.8 Å². The summed E-state index contributed by atoms with van der Waals surface area (Å²) in [6.45, 7) is 18.9. The monoisotopic (exact) mass is 1110 g/mol. The van der Waals surface area contributed by atoms with Gasteiger partial charge in [-0.1, -0.05) is 45.0 Å². The van der Waals surface area contributed by atoms with Crippen LogP contribution in [-0.4, -0.2) is 135 Å². The van der Waals surface area contributed by atoms with Gasteiger partial charge in [0, 0.05) is 75.9 Å². The number of hydrogen-bond acceptors (Lipinski definition) is 16. The van der Waals surface area contributed by atoms with Gasteiger partial charge in [0.1, 0.15) is 36.3 Å². The molecule has 392 valence electrons. The van der Waals surface area contributed by atoms with Crippen molar-refractivity contribution < 1.29 is 28.8 Å². The third-order valence-electron chi connectivity index (χ3n) is 13.6. The minimum atomic E-state index is -2.80. The lowest BCUT2D eigenvalue weighted by Crippen LogP contribution is -2.57. The molecule has 74 heavy (non-hydrogen) atoms. The van der Waals surface area contributed by atoms with E-state index in [0.717, 1.165) is 59.1 Å². The molecule has 3 aromatic heterocycles. The zero-order valence-corrected chi connectivity index (χ0v) is 46.7. The number of amides is 3. The van der Waals surface area contributed by atoms with Crippen molar-refractivity contribution in [1.82, 2.24) is 45.4 Å². The summed E-state index contributed by atoms with van der Waals surface area (Å²) in [6.07, 6.45) is 4.93. The van der Waals surface area contributed by atoms with E-state index in [0.29, 0.717) is 62.7 Å². The first kappa shape index (κ1) is 54.2. The van der Waals surface area contributed by atoms with Crippen LogP contribution >= 0.6 is 34.4 Å². The number of carbonyl (C=O) groups excluding carboxylic acids is 3. The van der Waals surface area contributed by atoms with Gasteiger partial charge in [-0.2, -0.15) is 4.98 Å². The number of halogens is 1. The average Bonchev–Trinajstić information content (AvgIpc) is 3.98. The molecule has 0 aliphatic carbocycles. The molecule has 0 unspecified atom stereocenters. The van der Waals surface area contributed by atoms with Crippen molar-refractivity contribution in [3.8, 4) is 16.2 Å². The van der Waals surface area contributed by atoms with Gasteiger partial charge in [-0.05, 0) is 103 Å². The maximum Gasteiger partial charge on any atom is 0.246 e. The minimum absolute atomic E-state index is 0.00653. The third-order valence-corrected chi connectivity index (χ3v) is 16.7. The van der Waals surface area contributed by atoms with Gasteiger partial charge in [0.25, 0.3) is 0 Å². The molecule has 2 saturated heterocycles. The Hall–Kier alpha value is -6.05. The molecule has 0 saturated carbocycles. The number of benzene rings is 3. The second-order valence-corrected chi connectivity index (χ2v) is 25.4. The number of aliphatic hydroxyl groups excluding tert-OH is 1. The zero-order valence-electron chi connectivity index (χ0n) is 43.4. The molecule has 2 aliphatic heterocycles. The number of ether oxygens (including phenoxy) is 1. The maximum atomic E-state index is 14.3. The van der Waals surface area contributed by atoms with Crippen molar-refractivity contribution in [2.45, 2.75) is 85.0 Å². The van der Waals surface area contributed by atoms with E-state index in [1.54, 1.807) is 50.4 Å². The number of nitrogens with zero attached hydrogens (tertiary/aromatic N) is 8. The predicted molar refractivity (Wildman–Crippen MR) is 297 cm³/mol. The number of hydrogen-bond donors (Lipinski definition) is 5. The van der Waals surface area contributed by atoms with E-state index in [1.165, 1.54) is 4.90 Å². The Morgan fingerprint density at radius 3 is 2.35 bits per heavy atom. The van der Waals surface area contributed by atoms with Crippen molar-refractivity contribution in [1.29, 1.82) is 0 Å². The molecule has 18 nitrogen and oxygen atoms in total. The highest BCUT2D eigenvalue weighted by molar-refractivity contribution is 9.10. The molecule has 0 spiro atoms. The fourth-order valence-electron chi connectivity index (χ4n) is 9.64. The van der Waals surface area contributed by atoms with E-state index < -0.39 is 30.7 Å². The number of carbonyl (C=O) groups is 3. The van der Waals surface area contributed by atoms with Crippen LogP contribution in [-0.2, 0) is 18.9 Å². The second-order valence-electron chi connectivity index (χ2n) is 20.5. The Labute approximate surface area is 445 Å². The van der Waals surface area contributed by atoms with E-state index >= 15 is 0 Å². The molecule has 21 heteroatoms. The van der Waals surface area contributed by atoms with Crippen molar-refractivity contribution in [3.05, 3.63) is 93.9 Å². The quantitative estimate of drug-likeness (QED) is 0.0548. The van der Waals surface area contributed by atoms with Gasteiger partial charge in [-0.3, -0.25) is 29.3 Å². The summed E-state index contributed by atoms with van der Waals surface area (Å²) >= 11 is 5.15. The number of nitrogens with one attached hydrogen (secondary N) is 4. The fraction of sp³-hybridized carbons (Fsp3) is 0.434. The summed E-state index contributed by atoms with van der Waals surface area (Å²) in [7, 11) is -1.18. The number of likely N-dealkylation sites (tertiary alicyclic amines) is 1. The molecule has 0 radical (unpaired) electrons. The lowest BCUT2D eigenvalue weighted by Gasteiger charge is -2.37. The standard InChI is InChI=1S/C53H66BrN12O6PS/c1-31-25-40(61-52-57-28-37(54)49(63-52)60-39-17-16-38-45(56-19-18-55-38)46(39)73(8,9)71)43(72-7)27-41(31)65-23-21-64(22-24-65)20-10-11-44(68)62-48(53(4,5)6)51(70)66-29-36(67)26-42(66)50(69)59-32(2)34-12-14-35(15-13-34)47-33(3)58-30-74-47/h12-19,25,27-28,30,32,36,42,48,67H,10-11,20-24,26,29H2,1-9H3,(H,59,69)(H,62,68)(H2,57,60,61,63)/t32-,36+,42-,48+/m0/s1. The van der Waals surface area contributed by atoms with Crippen molar-refractivity contribution in [2.75, 3.05) is 75.2 Å². The highest BCUT2D eigenvalue weighted by atomic mass is 79.9. The molecule has 5 heterocycles. The first-order chi connectivity index (χ1) is 35.2. The topological polar surface area (TPSA) is 220 Å². The van der Waals surface area contributed by atoms with Crippen LogP contribution < -0.4 is 36.2 Å². The van der Waals surface area contributed by atoms with E-state index in [9.17, 15) is 24.1 Å². The Morgan fingerprint density at radius 1 is 0.946 bits per heavy atom. The summed E-state index contributed by atoms with van der Waals surface area (Å²) in [5.41, 5.74) is 8.71. The number of piperazine rings is 1. The second kappa shape index (κ2) is 22.8. The summed E-state index contributed by atoms with van der Waals surface area (Å²) in [5, 5.41) is 24.1. The highest BCUT2D eigenvalue weighted by Crippen LogP contribution is 2.42. The molecule has 6 aromatic rings. The first-order valence-corrected chi connectivity index (χ1v) is 29.1. The lowest BCUT2D eigenvalue weighted by molar-refractivity contribution is -0.144. The number of methoxy groups -OCH3 is 1. The largest absolute Gasteiger partial charge is 0.494 e. The van der Waals surface area contributed by atoms with Crippen molar-refractivity contribution in [2.24, 2.45) is 5.41 Å². The van der Waals surface area contributed by atoms with Crippen LogP contribution in [0.5, 0.6) is 5.75 Å². The molecule has 0 bridgehead atoms. The van der Waals surface area contributed by atoms with Crippen LogP contribution in [0, 0.1) is 19.3 Å². The van der Waals surface area contributed by atoms with Crippen molar-refractivity contribution >= 4 is 97.3 Å². The third kappa shape index (κ3) is 12.5. The van der Waals surface area contributed by atoms with Crippen LogP contribution in [0.2, 0.25) is 0 Å². The van der Waals surface area contributed by atoms with Crippen LogP contribution in [0.15, 0.2) is 77.1 Å². The zero-order chi connectivity index (χ0) is 53.1. The van der Waals surface area contributed by atoms with Crippen LogP contribution in [0.25, 0.3) is 21.5 Å². The molecule has 8 rings (SSSR count). The number of aromatic nitrogens is 5. The molecule has 2 fully saturated rings. The van der Waals surface area contributed by atoms with Gasteiger partial charge in [-0.15, -0.1) is 11.3 Å². The Balaban J connectivity index is 0.831. The summed E-state index contributed by atoms with van der Waals surface area (Å²) < 4.78 is 20.0. The Kier molecular flexibility index (Phi) is 16.7. The fourth-order valence-corrected chi connectivity index (χ4v) is 12.1. The van der Waals surface area contributed by atoms with Gasteiger partial charge in [0.2, 0.25) is 23.7 Å². The molecule has 3 aromatic carbocycles. The average molecular weight is 1110 g/mol. The Bertz CT molecular complexity index is 3070. The van der Waals surface area contributed by atoms with Crippen molar-refractivity contribution in [3.63, 3.8) is 0 Å². The van der Waals surface area contributed by atoms with Gasteiger partial charge in [-0.25, -0.2) is 9.97 Å². The van der Waals surface area contributed by atoms with Gasteiger partial charge < -0.3 is 45.5 Å². The number of anilines is 5. The SMILES string of the molecule is COc1cc(N2CCN(CCCC(=O)N[C@H](C(=O)N3C[C@H](O)C[C@H]3C(=O)N[C@@H](C)c3ccc(-c4scnc4C)cc3)C(C)(C)C)CC2)c(C)cc1Nc1ncc(Br)c(Nc2ccc3nccnc3c2P(C)(C)=O)n1. The summed E-state index contributed by atoms with van der Waals surface area (Å²) in [6, 6.07) is 13.6. The van der Waals surface area contributed by atoms with E-state index in [-0.39, 0.29) is 43.1 Å². The van der Waals surface area contributed by atoms with E-state index in [1.807, 2.05) is 88.7 Å². The summed E-state index contributed by atoms with van der Waals surface area (Å²) in [4.78, 5) is 71.3. The number of fused-ring (bicyclic) bond motifs is 1. The first-order valence-electron chi connectivity index (χ1n) is 24.8. The van der Waals surface area contributed by atoms with Crippen LogP contribution in [0.3, 0.4) is 0 Å². The van der Waals surface area contributed by atoms with Gasteiger partial charge >= 0.3 is 0 Å².